The largest absolute Gasteiger partial charge is 0.381 e. The fraction of sp³-hybridized carbons (Fsp3) is 0.467. The third-order valence-corrected chi connectivity index (χ3v) is 5.18. The van der Waals surface area contributed by atoms with Crippen LogP contribution in [0.5, 0.6) is 0 Å². The average Bonchev–Trinajstić information content (AvgIpc) is 3.03. The van der Waals surface area contributed by atoms with Crippen molar-refractivity contribution in [2.75, 3.05) is 13.2 Å². The number of aromatic nitrogens is 2. The molecule has 0 unspecified atom stereocenters. The lowest BCUT2D eigenvalue weighted by Gasteiger charge is -2.18. The average molecular weight is 337 g/mol. The van der Waals surface area contributed by atoms with E-state index in [9.17, 15) is 8.42 Å². The van der Waals surface area contributed by atoms with Gasteiger partial charge in [-0.1, -0.05) is 17.3 Å². The summed E-state index contributed by atoms with van der Waals surface area (Å²) in [5, 5.41) is 3.95. The Balaban J connectivity index is 1.65. The maximum atomic E-state index is 12.2. The molecule has 1 aromatic carbocycles. The van der Waals surface area contributed by atoms with E-state index in [0.717, 1.165) is 18.4 Å². The number of nitrogens with zero attached hydrogens (tertiary/aromatic N) is 2. The first-order chi connectivity index (χ1) is 11.0. The van der Waals surface area contributed by atoms with Crippen molar-refractivity contribution in [3.8, 4) is 0 Å². The summed E-state index contributed by atoms with van der Waals surface area (Å²) < 4.78 is 37.4. The molecule has 3 rings (SSSR count). The van der Waals surface area contributed by atoms with E-state index in [4.69, 9.17) is 9.26 Å². The van der Waals surface area contributed by atoms with Gasteiger partial charge in [0.2, 0.25) is 15.9 Å². The molecule has 1 aliphatic heterocycles. The van der Waals surface area contributed by atoms with Gasteiger partial charge in [0.15, 0.2) is 5.82 Å². The van der Waals surface area contributed by atoms with E-state index >= 15 is 0 Å². The molecule has 2 heterocycles. The predicted octanol–water partition coefficient (Wildman–Crippen LogP) is 1.75. The van der Waals surface area contributed by atoms with E-state index in [2.05, 4.69) is 14.9 Å². The molecule has 0 aliphatic carbocycles. The summed E-state index contributed by atoms with van der Waals surface area (Å²) in [7, 11) is -3.59. The lowest BCUT2D eigenvalue weighted by Crippen LogP contribution is -2.23. The summed E-state index contributed by atoms with van der Waals surface area (Å²) in [6, 6.07) is 6.72. The van der Waals surface area contributed by atoms with Gasteiger partial charge in [-0.3, -0.25) is 0 Å². The molecule has 7 nitrogen and oxygen atoms in total. The summed E-state index contributed by atoms with van der Waals surface area (Å²) >= 11 is 0. The molecule has 0 atom stereocenters. The molecule has 0 radical (unpaired) electrons. The maximum absolute atomic E-state index is 12.2. The normalized spacial score (nSPS) is 16.6. The molecule has 124 valence electrons. The van der Waals surface area contributed by atoms with E-state index in [1.807, 2.05) is 13.0 Å². The van der Waals surface area contributed by atoms with Crippen molar-refractivity contribution in [2.45, 2.75) is 37.1 Å². The molecule has 0 bridgehead atoms. The van der Waals surface area contributed by atoms with Crippen molar-refractivity contribution in [3.63, 3.8) is 0 Å². The maximum Gasteiger partial charge on any atom is 0.241 e. The van der Waals surface area contributed by atoms with E-state index < -0.39 is 10.0 Å². The van der Waals surface area contributed by atoms with Gasteiger partial charge in [0.1, 0.15) is 0 Å². The van der Waals surface area contributed by atoms with Crippen LogP contribution in [0.15, 0.2) is 33.7 Å². The van der Waals surface area contributed by atoms with Crippen LogP contribution in [0.3, 0.4) is 0 Å². The number of ether oxygens (including phenoxy) is 1. The Bertz CT molecular complexity index is 767. The van der Waals surface area contributed by atoms with Gasteiger partial charge in [0.05, 0.1) is 11.4 Å². The first kappa shape index (κ1) is 16.1. The van der Waals surface area contributed by atoms with Crippen LogP contribution in [0.4, 0.5) is 0 Å². The molecule has 2 aromatic rings. The zero-order valence-electron chi connectivity index (χ0n) is 12.9. The van der Waals surface area contributed by atoms with E-state index in [1.165, 1.54) is 0 Å². The topological polar surface area (TPSA) is 94.3 Å². The first-order valence-electron chi connectivity index (χ1n) is 7.51. The van der Waals surface area contributed by atoms with Crippen LogP contribution in [0.2, 0.25) is 0 Å². The highest BCUT2D eigenvalue weighted by Crippen LogP contribution is 2.24. The third-order valence-electron chi connectivity index (χ3n) is 3.78. The Morgan fingerprint density at radius 2 is 2.09 bits per heavy atom. The monoisotopic (exact) mass is 337 g/mol. The molecule has 1 aliphatic rings. The van der Waals surface area contributed by atoms with Crippen molar-refractivity contribution in [2.24, 2.45) is 0 Å². The second kappa shape index (κ2) is 6.77. The predicted molar refractivity (Wildman–Crippen MR) is 82.3 cm³/mol. The number of hydrogen-bond donors (Lipinski definition) is 1. The van der Waals surface area contributed by atoms with Crippen molar-refractivity contribution >= 4 is 10.0 Å². The Kier molecular flexibility index (Phi) is 4.74. The third kappa shape index (κ3) is 3.95. The van der Waals surface area contributed by atoms with Gasteiger partial charge in [0.25, 0.3) is 0 Å². The van der Waals surface area contributed by atoms with Crippen LogP contribution in [0.25, 0.3) is 0 Å². The van der Waals surface area contributed by atoms with Crippen molar-refractivity contribution < 1.29 is 17.7 Å². The lowest BCUT2D eigenvalue weighted by atomic mass is 10.00. The molecule has 8 heteroatoms. The van der Waals surface area contributed by atoms with Crippen LogP contribution in [0.1, 0.15) is 36.0 Å². The van der Waals surface area contributed by atoms with Gasteiger partial charge in [-0.25, -0.2) is 13.1 Å². The van der Waals surface area contributed by atoms with Crippen LogP contribution < -0.4 is 4.72 Å². The fourth-order valence-electron chi connectivity index (χ4n) is 2.48. The van der Waals surface area contributed by atoms with Crippen LogP contribution >= 0.6 is 0 Å². The van der Waals surface area contributed by atoms with Gasteiger partial charge in [-0.15, -0.1) is 0 Å². The molecule has 1 fully saturated rings. The highest BCUT2D eigenvalue weighted by atomic mass is 32.2. The van der Waals surface area contributed by atoms with Gasteiger partial charge < -0.3 is 9.26 Å². The minimum Gasteiger partial charge on any atom is -0.381 e. The Morgan fingerprint density at radius 1 is 1.30 bits per heavy atom. The second-order valence-electron chi connectivity index (χ2n) is 5.57. The molecule has 1 saturated heterocycles. The molecular weight excluding hydrogens is 318 g/mol. The Hall–Kier alpha value is -1.77. The summed E-state index contributed by atoms with van der Waals surface area (Å²) in [6.45, 7) is 3.20. The molecule has 0 spiro atoms. The summed E-state index contributed by atoms with van der Waals surface area (Å²) in [5.74, 6) is 1.11. The second-order valence-corrected chi connectivity index (χ2v) is 7.34. The van der Waals surface area contributed by atoms with Gasteiger partial charge in [0, 0.05) is 19.1 Å². The molecule has 0 saturated carbocycles. The van der Waals surface area contributed by atoms with Crippen LogP contribution in [-0.2, 0) is 21.3 Å². The van der Waals surface area contributed by atoms with Gasteiger partial charge in [-0.05, 0) is 37.5 Å². The fourth-order valence-corrected chi connectivity index (χ4v) is 3.56. The molecule has 1 N–H and O–H groups in total. The molecule has 23 heavy (non-hydrogen) atoms. The highest BCUT2D eigenvalue weighted by Gasteiger charge is 2.22. The van der Waals surface area contributed by atoms with E-state index in [1.54, 1.807) is 18.2 Å². The number of rotatable bonds is 5. The van der Waals surface area contributed by atoms with Crippen molar-refractivity contribution in [3.05, 3.63) is 41.5 Å². The zero-order valence-corrected chi connectivity index (χ0v) is 13.7. The lowest BCUT2D eigenvalue weighted by molar-refractivity contribution is 0.0830. The Labute approximate surface area is 135 Å². The van der Waals surface area contributed by atoms with E-state index in [0.29, 0.717) is 19.0 Å². The minimum atomic E-state index is -3.59. The first-order valence-corrected chi connectivity index (χ1v) is 8.99. The van der Waals surface area contributed by atoms with Gasteiger partial charge in [-0.2, -0.15) is 4.98 Å². The summed E-state index contributed by atoms with van der Waals surface area (Å²) in [6.07, 6.45) is 1.71. The van der Waals surface area contributed by atoms with Crippen molar-refractivity contribution in [1.82, 2.24) is 14.9 Å². The Morgan fingerprint density at radius 3 is 2.83 bits per heavy atom. The molecule has 0 amide bonds. The van der Waals surface area contributed by atoms with Crippen molar-refractivity contribution in [1.29, 1.82) is 0 Å². The number of nitrogens with one attached hydrogen (secondary N) is 1. The highest BCUT2D eigenvalue weighted by molar-refractivity contribution is 7.89. The number of aryl methyl sites for hydroxylation is 1. The quantitative estimate of drug-likeness (QED) is 0.893. The number of hydrogen-bond acceptors (Lipinski definition) is 6. The van der Waals surface area contributed by atoms with Gasteiger partial charge >= 0.3 is 0 Å². The zero-order chi connectivity index (χ0) is 16.3. The smallest absolute Gasteiger partial charge is 0.241 e. The SMILES string of the molecule is Cc1cccc(S(=O)(=O)NCc2nc(C3CCOCC3)no2)c1. The van der Waals surface area contributed by atoms with Crippen LogP contribution in [-0.4, -0.2) is 31.8 Å². The molecular formula is C15H19N3O4S. The summed E-state index contributed by atoms with van der Waals surface area (Å²) in [4.78, 5) is 4.51. The summed E-state index contributed by atoms with van der Waals surface area (Å²) in [5.41, 5.74) is 0.882. The standard InChI is InChI=1S/C15H19N3O4S/c1-11-3-2-4-13(9-11)23(19,20)16-10-14-17-15(18-22-14)12-5-7-21-8-6-12/h2-4,9,12,16H,5-8,10H2,1H3. The number of benzene rings is 1. The molecule has 1 aromatic heterocycles. The van der Waals surface area contributed by atoms with Crippen LogP contribution in [0, 0.1) is 6.92 Å². The number of sulfonamides is 1. The van der Waals surface area contributed by atoms with E-state index in [-0.39, 0.29) is 23.2 Å². The minimum absolute atomic E-state index is 0.0213.